The van der Waals surface area contributed by atoms with Crippen molar-refractivity contribution in [3.8, 4) is 5.75 Å². The summed E-state index contributed by atoms with van der Waals surface area (Å²) in [7, 11) is 0. The van der Waals surface area contributed by atoms with Crippen LogP contribution in [0.5, 0.6) is 5.75 Å². The first-order valence-electron chi connectivity index (χ1n) is 8.33. The van der Waals surface area contributed by atoms with Gasteiger partial charge in [0.25, 0.3) is 0 Å². The van der Waals surface area contributed by atoms with E-state index in [-0.39, 0.29) is 23.9 Å². The summed E-state index contributed by atoms with van der Waals surface area (Å²) in [5, 5.41) is 3.15. The van der Waals surface area contributed by atoms with Gasteiger partial charge >= 0.3 is 0 Å². The number of hydrogen-bond acceptors (Lipinski definition) is 3. The Hall–Kier alpha value is -1.55. The Morgan fingerprint density at radius 2 is 2.14 bits per heavy atom. The Morgan fingerprint density at radius 1 is 1.41 bits per heavy atom. The first-order chi connectivity index (χ1) is 10.5. The lowest BCUT2D eigenvalue weighted by molar-refractivity contribution is -0.124. The van der Waals surface area contributed by atoms with E-state index in [0.717, 1.165) is 36.1 Å². The molecule has 0 saturated carbocycles. The second-order valence-electron chi connectivity index (χ2n) is 6.32. The van der Waals surface area contributed by atoms with Crippen LogP contribution in [0.4, 0.5) is 0 Å². The molecule has 0 aliphatic carbocycles. The molecule has 1 aromatic rings. The lowest BCUT2D eigenvalue weighted by atomic mass is 9.90. The van der Waals surface area contributed by atoms with E-state index in [1.54, 1.807) is 0 Å². The highest BCUT2D eigenvalue weighted by molar-refractivity contribution is 5.78. The number of aryl methyl sites for hydroxylation is 1. The quantitative estimate of drug-likeness (QED) is 0.877. The Balaban J connectivity index is 2.42. The predicted molar refractivity (Wildman–Crippen MR) is 88.9 cm³/mol. The van der Waals surface area contributed by atoms with Crippen LogP contribution in [0.25, 0.3) is 0 Å². The molecule has 122 valence electrons. The lowest BCUT2D eigenvalue weighted by Crippen LogP contribution is -2.35. The molecular weight excluding hydrogens is 276 g/mol. The van der Waals surface area contributed by atoms with E-state index in [1.807, 2.05) is 13.8 Å². The van der Waals surface area contributed by atoms with Crippen LogP contribution in [-0.4, -0.2) is 12.5 Å². The number of fused-ring (bicyclic) bond motifs is 1. The van der Waals surface area contributed by atoms with Crippen molar-refractivity contribution >= 4 is 5.91 Å². The highest BCUT2D eigenvalue weighted by Gasteiger charge is 2.27. The monoisotopic (exact) mass is 304 g/mol. The third-order valence-electron chi connectivity index (χ3n) is 4.32. The number of amides is 1. The van der Waals surface area contributed by atoms with Gasteiger partial charge in [0.15, 0.2) is 0 Å². The van der Waals surface area contributed by atoms with Crippen LogP contribution in [0.3, 0.4) is 0 Å². The maximum atomic E-state index is 12.1. The van der Waals surface area contributed by atoms with E-state index in [9.17, 15) is 4.79 Å². The first-order valence-corrected chi connectivity index (χ1v) is 8.33. The maximum absolute atomic E-state index is 12.1. The molecule has 2 unspecified atom stereocenters. The van der Waals surface area contributed by atoms with Crippen LogP contribution in [0, 0.1) is 5.92 Å². The number of hydrogen-bond donors (Lipinski definition) is 2. The fourth-order valence-electron chi connectivity index (χ4n) is 2.79. The van der Waals surface area contributed by atoms with Gasteiger partial charge in [0.1, 0.15) is 5.75 Å². The van der Waals surface area contributed by atoms with Crippen molar-refractivity contribution < 1.29 is 9.53 Å². The summed E-state index contributed by atoms with van der Waals surface area (Å²) >= 11 is 0. The summed E-state index contributed by atoms with van der Waals surface area (Å²) in [4.78, 5) is 12.1. The molecule has 0 spiro atoms. The fraction of sp³-hybridized carbons (Fsp3) is 0.611. The number of rotatable bonds is 5. The smallest absolute Gasteiger partial charge is 0.223 e. The van der Waals surface area contributed by atoms with E-state index in [0.29, 0.717) is 6.61 Å². The Bertz CT molecular complexity index is 540. The molecule has 2 atom stereocenters. The SMILES string of the molecule is CCc1cc(C(N)CC)c2c(c1)C(NC(=O)C(C)C)CCO2. The van der Waals surface area contributed by atoms with Crippen LogP contribution in [-0.2, 0) is 11.2 Å². The number of carbonyl (C=O) groups is 1. The van der Waals surface area contributed by atoms with Gasteiger partial charge < -0.3 is 15.8 Å². The van der Waals surface area contributed by atoms with Crippen molar-refractivity contribution in [2.75, 3.05) is 6.61 Å². The van der Waals surface area contributed by atoms with Gasteiger partial charge in [-0.1, -0.05) is 39.8 Å². The molecule has 1 heterocycles. The number of benzene rings is 1. The van der Waals surface area contributed by atoms with E-state index in [2.05, 4.69) is 31.3 Å². The standard InChI is InChI=1S/C18H28N2O2/c1-5-12-9-13(15(19)6-2)17-14(10-12)16(7-8-22-17)20-18(21)11(3)4/h9-11,15-16H,5-8,19H2,1-4H3,(H,20,21). The Morgan fingerprint density at radius 3 is 2.73 bits per heavy atom. The van der Waals surface area contributed by atoms with Crippen molar-refractivity contribution in [1.29, 1.82) is 0 Å². The molecule has 0 bridgehead atoms. The molecule has 4 heteroatoms. The van der Waals surface area contributed by atoms with Crippen LogP contribution in [0.15, 0.2) is 12.1 Å². The zero-order chi connectivity index (χ0) is 16.3. The third kappa shape index (κ3) is 3.43. The van der Waals surface area contributed by atoms with Crippen molar-refractivity contribution in [3.05, 3.63) is 28.8 Å². The predicted octanol–water partition coefficient (Wildman–Crippen LogP) is 3.25. The molecule has 0 aromatic heterocycles. The van der Waals surface area contributed by atoms with Gasteiger partial charge in [-0.2, -0.15) is 0 Å². The van der Waals surface area contributed by atoms with E-state index >= 15 is 0 Å². The molecule has 1 aliphatic rings. The summed E-state index contributed by atoms with van der Waals surface area (Å²) in [5.74, 6) is 0.950. The minimum absolute atomic E-state index is 0.0157. The van der Waals surface area contributed by atoms with Gasteiger partial charge in [-0.05, 0) is 18.4 Å². The first kappa shape index (κ1) is 16.8. The molecule has 0 fully saturated rings. The summed E-state index contributed by atoms with van der Waals surface area (Å²) < 4.78 is 5.92. The van der Waals surface area contributed by atoms with E-state index in [1.165, 1.54) is 5.56 Å². The lowest BCUT2D eigenvalue weighted by Gasteiger charge is -2.31. The molecule has 0 radical (unpaired) electrons. The van der Waals surface area contributed by atoms with Crippen molar-refractivity contribution in [2.24, 2.45) is 11.7 Å². The number of nitrogens with two attached hydrogens (primary N) is 1. The highest BCUT2D eigenvalue weighted by Crippen LogP contribution is 2.39. The van der Waals surface area contributed by atoms with Crippen molar-refractivity contribution in [1.82, 2.24) is 5.32 Å². The zero-order valence-corrected chi connectivity index (χ0v) is 14.1. The number of ether oxygens (including phenoxy) is 1. The molecule has 3 N–H and O–H groups in total. The third-order valence-corrected chi connectivity index (χ3v) is 4.32. The summed E-state index contributed by atoms with van der Waals surface area (Å²) in [6.07, 6.45) is 2.62. The maximum Gasteiger partial charge on any atom is 0.223 e. The van der Waals surface area contributed by atoms with Crippen molar-refractivity contribution in [2.45, 2.75) is 59.0 Å². The van der Waals surface area contributed by atoms with E-state index < -0.39 is 0 Å². The molecule has 1 amide bonds. The van der Waals surface area contributed by atoms with Gasteiger partial charge in [-0.3, -0.25) is 4.79 Å². The van der Waals surface area contributed by atoms with Crippen LogP contribution >= 0.6 is 0 Å². The topological polar surface area (TPSA) is 64.3 Å². The number of carbonyl (C=O) groups excluding carboxylic acids is 1. The molecule has 1 aromatic carbocycles. The molecule has 2 rings (SSSR count). The van der Waals surface area contributed by atoms with Gasteiger partial charge in [-0.15, -0.1) is 0 Å². The van der Waals surface area contributed by atoms with Gasteiger partial charge in [-0.25, -0.2) is 0 Å². The van der Waals surface area contributed by atoms with Crippen LogP contribution < -0.4 is 15.8 Å². The fourth-order valence-corrected chi connectivity index (χ4v) is 2.79. The van der Waals surface area contributed by atoms with Gasteiger partial charge in [0.05, 0.1) is 12.6 Å². The average molecular weight is 304 g/mol. The zero-order valence-electron chi connectivity index (χ0n) is 14.1. The average Bonchev–Trinajstić information content (AvgIpc) is 2.53. The van der Waals surface area contributed by atoms with E-state index in [4.69, 9.17) is 10.5 Å². The van der Waals surface area contributed by atoms with Gasteiger partial charge in [0.2, 0.25) is 5.91 Å². The number of nitrogens with one attached hydrogen (secondary N) is 1. The van der Waals surface area contributed by atoms with Crippen LogP contribution in [0.2, 0.25) is 0 Å². The second kappa shape index (κ2) is 7.14. The highest BCUT2D eigenvalue weighted by atomic mass is 16.5. The minimum atomic E-state index is -0.0280. The van der Waals surface area contributed by atoms with Gasteiger partial charge in [0, 0.05) is 29.5 Å². The van der Waals surface area contributed by atoms with Crippen molar-refractivity contribution in [3.63, 3.8) is 0 Å². The van der Waals surface area contributed by atoms with Crippen LogP contribution in [0.1, 0.15) is 69.3 Å². The largest absolute Gasteiger partial charge is 0.493 e. The minimum Gasteiger partial charge on any atom is -0.493 e. The normalized spacial score (nSPS) is 18.5. The summed E-state index contributed by atoms with van der Waals surface area (Å²) in [5.41, 5.74) is 9.66. The second-order valence-corrected chi connectivity index (χ2v) is 6.32. The molecule has 1 aliphatic heterocycles. The molecule has 22 heavy (non-hydrogen) atoms. The molecule has 0 saturated heterocycles. The molecule has 4 nitrogen and oxygen atoms in total. The summed E-state index contributed by atoms with van der Waals surface area (Å²) in [6.45, 7) is 8.66. The Labute approximate surface area is 133 Å². The Kier molecular flexibility index (Phi) is 5.46. The molecular formula is C18H28N2O2. The summed E-state index contributed by atoms with van der Waals surface area (Å²) in [6, 6.07) is 4.30.